The third-order valence-electron chi connectivity index (χ3n) is 6.34. The van der Waals surface area contributed by atoms with Crippen molar-refractivity contribution in [3.8, 4) is 11.9 Å². The lowest BCUT2D eigenvalue weighted by Crippen LogP contribution is -2.52. The highest BCUT2D eigenvalue weighted by Gasteiger charge is 2.34. The predicted molar refractivity (Wildman–Crippen MR) is 132 cm³/mol. The van der Waals surface area contributed by atoms with Crippen LogP contribution in [0.4, 0.5) is 15.1 Å². The molecule has 0 bridgehead atoms. The maximum atomic E-state index is 14.0. The summed E-state index contributed by atoms with van der Waals surface area (Å²) in [5.74, 6) is 0.651. The van der Waals surface area contributed by atoms with E-state index in [2.05, 4.69) is 20.2 Å². The van der Waals surface area contributed by atoms with Gasteiger partial charge in [-0.15, -0.1) is 0 Å². The molecule has 0 radical (unpaired) electrons. The van der Waals surface area contributed by atoms with Crippen molar-refractivity contribution in [1.82, 2.24) is 29.7 Å². The van der Waals surface area contributed by atoms with Gasteiger partial charge < -0.3 is 9.80 Å². The summed E-state index contributed by atoms with van der Waals surface area (Å²) in [7, 11) is 0. The molecular formula is C24H23ClFN9O. The van der Waals surface area contributed by atoms with Crippen LogP contribution in [0.1, 0.15) is 35.0 Å². The van der Waals surface area contributed by atoms with E-state index in [1.165, 1.54) is 17.1 Å². The Labute approximate surface area is 212 Å². The van der Waals surface area contributed by atoms with Crippen LogP contribution in [-0.4, -0.2) is 68.1 Å². The number of piperazine rings is 1. The number of aromatic nitrogens is 4. The summed E-state index contributed by atoms with van der Waals surface area (Å²) in [5, 5.41) is 19.9. The lowest BCUT2D eigenvalue weighted by Gasteiger charge is -2.37. The Bertz CT molecular complexity index is 1390. The van der Waals surface area contributed by atoms with Gasteiger partial charge in [-0.3, -0.25) is 0 Å². The SMILES string of the molecule is Cc1nn(-c2ccnc(N3CCN(C(=O)N4N=CC[C@H]4c4cc(F)cc(C#N)c4)CC3)n2)c(C)c1Cl. The Morgan fingerprint density at radius 3 is 2.67 bits per heavy atom. The molecular weight excluding hydrogens is 485 g/mol. The molecule has 1 saturated heterocycles. The van der Waals surface area contributed by atoms with E-state index in [0.717, 1.165) is 11.4 Å². The Kier molecular flexibility index (Phi) is 6.28. The van der Waals surface area contributed by atoms with E-state index in [1.807, 2.05) is 24.8 Å². The van der Waals surface area contributed by atoms with E-state index in [9.17, 15) is 14.4 Å². The first-order valence-corrected chi connectivity index (χ1v) is 11.8. The number of halogens is 2. The number of hydrazone groups is 1. The number of hydrogen-bond donors (Lipinski definition) is 0. The van der Waals surface area contributed by atoms with E-state index >= 15 is 0 Å². The van der Waals surface area contributed by atoms with Crippen molar-refractivity contribution in [2.45, 2.75) is 26.3 Å². The van der Waals surface area contributed by atoms with Gasteiger partial charge >= 0.3 is 6.03 Å². The number of urea groups is 1. The van der Waals surface area contributed by atoms with Gasteiger partial charge in [0.1, 0.15) is 5.82 Å². The summed E-state index contributed by atoms with van der Waals surface area (Å²) in [5.41, 5.74) is 2.29. The molecule has 0 spiro atoms. The summed E-state index contributed by atoms with van der Waals surface area (Å²) in [4.78, 5) is 26.1. The molecule has 2 aliphatic rings. The number of nitriles is 1. The molecule has 0 N–H and O–H groups in total. The van der Waals surface area contributed by atoms with Crippen LogP contribution in [0.2, 0.25) is 5.02 Å². The monoisotopic (exact) mass is 507 g/mol. The Hall–Kier alpha value is -4.04. The predicted octanol–water partition coefficient (Wildman–Crippen LogP) is 3.62. The number of hydrogen-bond acceptors (Lipinski definition) is 7. The largest absolute Gasteiger partial charge is 0.341 e. The highest BCUT2D eigenvalue weighted by atomic mass is 35.5. The molecule has 1 aromatic carbocycles. The van der Waals surface area contributed by atoms with E-state index in [0.29, 0.717) is 55.0 Å². The first kappa shape index (κ1) is 23.7. The average Bonchev–Trinajstić information content (AvgIpc) is 3.49. The molecule has 2 amide bonds. The van der Waals surface area contributed by atoms with Crippen molar-refractivity contribution >= 4 is 29.8 Å². The van der Waals surface area contributed by atoms with Gasteiger partial charge in [-0.05, 0) is 37.6 Å². The lowest BCUT2D eigenvalue weighted by molar-refractivity contribution is 0.139. The zero-order valence-electron chi connectivity index (χ0n) is 19.8. The topological polar surface area (TPSA) is 107 Å². The minimum atomic E-state index is -0.512. The fraction of sp³-hybridized carbons (Fsp3) is 0.333. The molecule has 2 aromatic heterocycles. The number of carbonyl (C=O) groups is 1. The number of anilines is 1. The second-order valence-corrected chi connectivity index (χ2v) is 9.03. The summed E-state index contributed by atoms with van der Waals surface area (Å²) in [6.07, 6.45) is 3.77. The minimum absolute atomic E-state index is 0.211. The summed E-state index contributed by atoms with van der Waals surface area (Å²) < 4.78 is 15.7. The maximum absolute atomic E-state index is 14.0. The quantitative estimate of drug-likeness (QED) is 0.536. The van der Waals surface area contributed by atoms with Gasteiger partial charge in [-0.25, -0.2) is 23.9 Å². The molecule has 1 fully saturated rings. The standard InChI is InChI=1S/C24H23ClFN9O/c1-15-22(25)16(2)34(31-15)21-4-5-28-23(30-21)32-7-9-33(10-8-32)24(36)35-20(3-6-29-35)18-11-17(14-27)12-19(26)13-18/h4-6,11-13,20H,3,7-10H2,1-2H3/t20-/m0/s1. The fourth-order valence-corrected chi connectivity index (χ4v) is 4.56. The van der Waals surface area contributed by atoms with Gasteiger partial charge in [0.05, 0.1) is 34.1 Å². The van der Waals surface area contributed by atoms with Gasteiger partial charge in [0.25, 0.3) is 0 Å². The number of rotatable bonds is 3. The first-order chi connectivity index (χ1) is 17.4. The summed E-state index contributed by atoms with van der Waals surface area (Å²) in [6, 6.07) is 7.13. The van der Waals surface area contributed by atoms with E-state index < -0.39 is 11.9 Å². The van der Waals surface area contributed by atoms with Gasteiger partial charge in [-0.1, -0.05) is 11.6 Å². The van der Waals surface area contributed by atoms with Crippen LogP contribution >= 0.6 is 11.6 Å². The van der Waals surface area contributed by atoms with Crippen LogP contribution in [0.5, 0.6) is 0 Å². The highest BCUT2D eigenvalue weighted by Crippen LogP contribution is 2.31. The van der Waals surface area contributed by atoms with Crippen molar-refractivity contribution < 1.29 is 9.18 Å². The first-order valence-electron chi connectivity index (χ1n) is 11.5. The number of nitrogens with zero attached hydrogens (tertiary/aromatic N) is 9. The molecule has 0 aliphatic carbocycles. The van der Waals surface area contributed by atoms with Crippen molar-refractivity contribution in [1.29, 1.82) is 5.26 Å². The fourth-order valence-electron chi connectivity index (χ4n) is 4.44. The molecule has 36 heavy (non-hydrogen) atoms. The molecule has 4 heterocycles. The second kappa shape index (κ2) is 9.54. The Balaban J connectivity index is 1.27. The molecule has 2 aliphatic heterocycles. The molecule has 3 aromatic rings. The van der Waals surface area contributed by atoms with E-state index in [-0.39, 0.29) is 11.6 Å². The van der Waals surface area contributed by atoms with Crippen LogP contribution in [0.3, 0.4) is 0 Å². The van der Waals surface area contributed by atoms with E-state index in [1.54, 1.807) is 34.1 Å². The zero-order valence-corrected chi connectivity index (χ0v) is 20.5. The van der Waals surface area contributed by atoms with Crippen LogP contribution < -0.4 is 4.90 Å². The molecule has 0 unspecified atom stereocenters. The summed E-state index contributed by atoms with van der Waals surface area (Å²) in [6.45, 7) is 5.69. The molecule has 10 nitrogen and oxygen atoms in total. The highest BCUT2D eigenvalue weighted by molar-refractivity contribution is 6.31. The third-order valence-corrected chi connectivity index (χ3v) is 6.89. The summed E-state index contributed by atoms with van der Waals surface area (Å²) >= 11 is 6.29. The number of benzene rings is 1. The van der Waals surface area contributed by atoms with Crippen molar-refractivity contribution in [2.24, 2.45) is 5.10 Å². The lowest BCUT2D eigenvalue weighted by atomic mass is 10.0. The van der Waals surface area contributed by atoms with Crippen LogP contribution in [0, 0.1) is 31.0 Å². The smallest absolute Gasteiger partial charge is 0.337 e. The van der Waals surface area contributed by atoms with Crippen molar-refractivity contribution in [2.75, 3.05) is 31.1 Å². The van der Waals surface area contributed by atoms with Gasteiger partial charge in [0, 0.05) is 51.1 Å². The molecule has 1 atom stereocenters. The molecule has 12 heteroatoms. The zero-order chi connectivity index (χ0) is 25.4. The van der Waals surface area contributed by atoms with Crippen molar-refractivity contribution in [3.63, 3.8) is 0 Å². The number of aryl methyl sites for hydroxylation is 1. The van der Waals surface area contributed by atoms with Crippen LogP contribution in [0.25, 0.3) is 5.82 Å². The molecule has 5 rings (SSSR count). The molecule has 184 valence electrons. The number of carbonyl (C=O) groups excluding carboxylic acids is 1. The Morgan fingerprint density at radius 1 is 1.19 bits per heavy atom. The van der Waals surface area contributed by atoms with Gasteiger partial charge in [0.2, 0.25) is 5.95 Å². The van der Waals surface area contributed by atoms with Crippen LogP contribution in [0.15, 0.2) is 35.6 Å². The van der Waals surface area contributed by atoms with E-state index in [4.69, 9.17) is 11.6 Å². The number of amides is 2. The average molecular weight is 508 g/mol. The van der Waals surface area contributed by atoms with Gasteiger partial charge in [-0.2, -0.15) is 20.4 Å². The maximum Gasteiger partial charge on any atom is 0.341 e. The minimum Gasteiger partial charge on any atom is -0.337 e. The van der Waals surface area contributed by atoms with Crippen molar-refractivity contribution in [3.05, 3.63) is 63.8 Å². The second-order valence-electron chi connectivity index (χ2n) is 8.65. The normalized spacial score (nSPS) is 17.5. The van der Waals surface area contributed by atoms with Crippen LogP contribution in [-0.2, 0) is 0 Å². The van der Waals surface area contributed by atoms with Gasteiger partial charge in [0.15, 0.2) is 5.82 Å². The third kappa shape index (κ3) is 4.35. The molecule has 0 saturated carbocycles. The Morgan fingerprint density at radius 2 is 1.97 bits per heavy atom.